The zero-order valence-corrected chi connectivity index (χ0v) is 17.1. The fourth-order valence-corrected chi connectivity index (χ4v) is 3.10. The average Bonchev–Trinajstić information content (AvgIpc) is 3.28. The van der Waals surface area contributed by atoms with Gasteiger partial charge < -0.3 is 24.5 Å². The summed E-state index contributed by atoms with van der Waals surface area (Å²) in [5.74, 6) is 1.28. The molecule has 3 aromatic rings. The first kappa shape index (κ1) is 19.8. The molecular formula is C22H23N3O5. The molecule has 4 rings (SSSR count). The number of carbonyl (C=O) groups excluding carboxylic acids is 2. The number of hydrogen-bond donors (Lipinski definition) is 2. The van der Waals surface area contributed by atoms with Gasteiger partial charge in [-0.3, -0.25) is 4.79 Å². The lowest BCUT2D eigenvalue weighted by Gasteiger charge is -2.19. The lowest BCUT2D eigenvalue weighted by Crippen LogP contribution is -2.25. The molecule has 0 radical (unpaired) electrons. The van der Waals surface area contributed by atoms with E-state index in [0.29, 0.717) is 34.9 Å². The van der Waals surface area contributed by atoms with Gasteiger partial charge >= 0.3 is 5.97 Å². The first-order valence-electron chi connectivity index (χ1n) is 9.64. The van der Waals surface area contributed by atoms with Crippen LogP contribution >= 0.6 is 0 Å². The van der Waals surface area contributed by atoms with Crippen molar-refractivity contribution in [1.82, 2.24) is 15.3 Å². The number of imidazole rings is 1. The van der Waals surface area contributed by atoms with E-state index < -0.39 is 11.6 Å². The molecule has 8 nitrogen and oxygen atoms in total. The zero-order valence-electron chi connectivity index (χ0n) is 17.1. The Kier molecular flexibility index (Phi) is 5.07. The number of aromatic nitrogens is 2. The summed E-state index contributed by atoms with van der Waals surface area (Å²) in [6, 6.07) is 10.6. The summed E-state index contributed by atoms with van der Waals surface area (Å²) in [7, 11) is 0. The maximum atomic E-state index is 12.4. The van der Waals surface area contributed by atoms with E-state index in [-0.39, 0.29) is 19.1 Å². The van der Waals surface area contributed by atoms with Crippen LogP contribution in [0.15, 0.2) is 36.4 Å². The molecule has 0 aliphatic carbocycles. The summed E-state index contributed by atoms with van der Waals surface area (Å²) < 4.78 is 16.1. The van der Waals surface area contributed by atoms with Crippen LogP contribution in [0.1, 0.15) is 42.5 Å². The number of ether oxygens (including phenoxy) is 3. The summed E-state index contributed by atoms with van der Waals surface area (Å²) in [5.41, 5.74) is 2.19. The summed E-state index contributed by atoms with van der Waals surface area (Å²) in [4.78, 5) is 32.1. The molecule has 0 bridgehead atoms. The number of nitrogens with one attached hydrogen (secondary N) is 2. The first-order chi connectivity index (χ1) is 14.3. The van der Waals surface area contributed by atoms with Gasteiger partial charge in [-0.25, -0.2) is 9.78 Å². The molecule has 1 aliphatic rings. The molecule has 30 heavy (non-hydrogen) atoms. The second-order valence-electron chi connectivity index (χ2n) is 8.06. The van der Waals surface area contributed by atoms with E-state index in [0.717, 1.165) is 11.1 Å². The van der Waals surface area contributed by atoms with Gasteiger partial charge in [0.15, 0.2) is 11.5 Å². The monoisotopic (exact) mass is 409 g/mol. The molecule has 1 amide bonds. The van der Waals surface area contributed by atoms with Crippen molar-refractivity contribution in [2.24, 2.45) is 0 Å². The second kappa shape index (κ2) is 7.70. The predicted octanol–water partition coefficient (Wildman–Crippen LogP) is 3.11. The number of carbonyl (C=O) groups is 2. The number of hydrogen-bond acceptors (Lipinski definition) is 6. The van der Waals surface area contributed by atoms with Gasteiger partial charge in [0, 0.05) is 18.7 Å². The molecule has 2 aromatic carbocycles. The fraction of sp³-hybridized carbons (Fsp3) is 0.318. The molecule has 2 N–H and O–H groups in total. The number of fused-ring (bicyclic) bond motifs is 2. The van der Waals surface area contributed by atoms with Crippen LogP contribution in [0.5, 0.6) is 11.5 Å². The number of esters is 1. The van der Waals surface area contributed by atoms with Gasteiger partial charge in [-0.1, -0.05) is 12.1 Å². The number of benzene rings is 2. The van der Waals surface area contributed by atoms with Crippen LogP contribution in [0, 0.1) is 0 Å². The molecule has 1 aromatic heterocycles. The Hall–Kier alpha value is -3.55. The lowest BCUT2D eigenvalue weighted by molar-refractivity contribution is -0.120. The number of amides is 1. The topological polar surface area (TPSA) is 103 Å². The van der Waals surface area contributed by atoms with Gasteiger partial charge in [0.2, 0.25) is 12.7 Å². The van der Waals surface area contributed by atoms with Crippen molar-refractivity contribution < 1.29 is 23.8 Å². The van der Waals surface area contributed by atoms with Crippen LogP contribution in [0.25, 0.3) is 11.0 Å². The Bertz CT molecular complexity index is 1070. The van der Waals surface area contributed by atoms with Crippen molar-refractivity contribution in [2.75, 3.05) is 6.79 Å². The number of rotatable bonds is 5. The Morgan fingerprint density at radius 1 is 1.17 bits per heavy atom. The lowest BCUT2D eigenvalue weighted by atomic mass is 10.1. The predicted molar refractivity (Wildman–Crippen MR) is 109 cm³/mol. The first-order valence-corrected chi connectivity index (χ1v) is 9.64. The highest BCUT2D eigenvalue weighted by Crippen LogP contribution is 2.35. The number of nitrogens with zero attached hydrogens (tertiary/aromatic N) is 1. The highest BCUT2D eigenvalue weighted by atomic mass is 16.7. The minimum Gasteiger partial charge on any atom is -0.456 e. The van der Waals surface area contributed by atoms with Crippen molar-refractivity contribution in [3.8, 4) is 11.5 Å². The highest BCUT2D eigenvalue weighted by Gasteiger charge is 2.19. The summed E-state index contributed by atoms with van der Waals surface area (Å²) in [6.45, 7) is 5.96. The molecular weight excluding hydrogens is 386 g/mol. The van der Waals surface area contributed by atoms with Crippen LogP contribution in [-0.4, -0.2) is 34.2 Å². The SMILES string of the molecule is CC(C)(C)OC(=O)c1cccc(CNC(=O)Cc2nc3cc4c(cc3[nH]2)OCO4)c1. The van der Waals surface area contributed by atoms with Gasteiger partial charge in [-0.15, -0.1) is 0 Å². The van der Waals surface area contributed by atoms with Gasteiger partial charge in [0.25, 0.3) is 0 Å². The summed E-state index contributed by atoms with van der Waals surface area (Å²) >= 11 is 0. The van der Waals surface area contributed by atoms with E-state index in [4.69, 9.17) is 14.2 Å². The molecule has 0 fully saturated rings. The number of H-pyrrole nitrogens is 1. The Balaban J connectivity index is 1.36. The maximum Gasteiger partial charge on any atom is 0.338 e. The Labute approximate surface area is 173 Å². The molecule has 156 valence electrons. The maximum absolute atomic E-state index is 12.4. The van der Waals surface area contributed by atoms with Crippen LogP contribution in [0.4, 0.5) is 0 Å². The molecule has 2 heterocycles. The smallest absolute Gasteiger partial charge is 0.338 e. The van der Waals surface area contributed by atoms with E-state index in [9.17, 15) is 9.59 Å². The van der Waals surface area contributed by atoms with Crippen molar-refractivity contribution in [1.29, 1.82) is 0 Å². The van der Waals surface area contributed by atoms with Crippen LogP contribution in [-0.2, 0) is 22.5 Å². The molecule has 8 heteroatoms. The van der Waals surface area contributed by atoms with Crippen molar-refractivity contribution in [3.63, 3.8) is 0 Å². The van der Waals surface area contributed by atoms with Crippen LogP contribution < -0.4 is 14.8 Å². The van der Waals surface area contributed by atoms with Crippen LogP contribution in [0.3, 0.4) is 0 Å². The Morgan fingerprint density at radius 2 is 1.93 bits per heavy atom. The number of aromatic amines is 1. The summed E-state index contributed by atoms with van der Waals surface area (Å²) in [5, 5.41) is 2.85. The van der Waals surface area contributed by atoms with Crippen LogP contribution in [0.2, 0.25) is 0 Å². The second-order valence-corrected chi connectivity index (χ2v) is 8.06. The zero-order chi connectivity index (χ0) is 21.3. The fourth-order valence-electron chi connectivity index (χ4n) is 3.10. The van der Waals surface area contributed by atoms with Gasteiger partial charge in [-0.2, -0.15) is 0 Å². The van der Waals surface area contributed by atoms with E-state index in [1.54, 1.807) is 24.3 Å². The normalized spacial score (nSPS) is 12.8. The third-order valence-electron chi connectivity index (χ3n) is 4.40. The molecule has 0 unspecified atom stereocenters. The highest BCUT2D eigenvalue weighted by molar-refractivity contribution is 5.90. The van der Waals surface area contributed by atoms with Gasteiger partial charge in [-0.05, 0) is 38.5 Å². The largest absolute Gasteiger partial charge is 0.456 e. The summed E-state index contributed by atoms with van der Waals surface area (Å²) in [6.07, 6.45) is 0.104. The molecule has 0 saturated carbocycles. The molecule has 0 spiro atoms. The molecule has 1 aliphatic heterocycles. The quantitative estimate of drug-likeness (QED) is 0.628. The van der Waals surface area contributed by atoms with E-state index >= 15 is 0 Å². The third-order valence-corrected chi connectivity index (χ3v) is 4.40. The Morgan fingerprint density at radius 3 is 2.70 bits per heavy atom. The minimum absolute atomic E-state index is 0.104. The van der Waals surface area contributed by atoms with E-state index in [2.05, 4.69) is 15.3 Å². The average molecular weight is 409 g/mol. The third kappa shape index (κ3) is 4.53. The minimum atomic E-state index is -0.563. The van der Waals surface area contributed by atoms with E-state index in [1.165, 1.54) is 0 Å². The van der Waals surface area contributed by atoms with Crippen molar-refractivity contribution >= 4 is 22.9 Å². The van der Waals surface area contributed by atoms with Crippen molar-refractivity contribution in [2.45, 2.75) is 39.3 Å². The standard InChI is InChI=1S/C22H23N3O5/c1-22(2,3)30-21(27)14-6-4-5-13(7-14)11-23-20(26)10-19-24-15-8-17-18(29-12-28-17)9-16(15)25-19/h4-9H,10-12H2,1-3H3,(H,23,26)(H,24,25). The van der Waals surface area contributed by atoms with Crippen molar-refractivity contribution in [3.05, 3.63) is 53.3 Å². The molecule has 0 atom stereocenters. The van der Waals surface area contributed by atoms with E-state index in [1.807, 2.05) is 32.9 Å². The molecule has 0 saturated heterocycles. The van der Waals surface area contributed by atoms with Gasteiger partial charge in [0.05, 0.1) is 23.0 Å². The van der Waals surface area contributed by atoms with Gasteiger partial charge in [0.1, 0.15) is 11.4 Å².